The van der Waals surface area contributed by atoms with Gasteiger partial charge in [-0.15, -0.1) is 0 Å². The van der Waals surface area contributed by atoms with Crippen LogP contribution in [0.15, 0.2) is 48.5 Å². The highest BCUT2D eigenvalue weighted by Crippen LogP contribution is 2.29. The third kappa shape index (κ3) is 7.64. The third-order valence-corrected chi connectivity index (χ3v) is 8.72. The Balaban J connectivity index is 1.39. The minimum Gasteiger partial charge on any atom is -0.465 e. The zero-order valence-corrected chi connectivity index (χ0v) is 27.2. The van der Waals surface area contributed by atoms with Gasteiger partial charge in [0.15, 0.2) is 5.82 Å². The van der Waals surface area contributed by atoms with E-state index in [1.807, 2.05) is 40.1 Å². The monoisotopic (exact) mass is 627 g/mol. The van der Waals surface area contributed by atoms with Crippen molar-refractivity contribution >= 4 is 45.5 Å². The first-order valence-electron chi connectivity index (χ1n) is 16.2. The molecular weight excluding hydrogens is 582 g/mol. The Labute approximate surface area is 270 Å². The minimum atomic E-state index is -0.410. The first-order valence-corrected chi connectivity index (χ1v) is 16.2. The maximum atomic E-state index is 13.9. The number of nitrogens with two attached hydrogens (primary N) is 1. The van der Waals surface area contributed by atoms with E-state index in [4.69, 9.17) is 15.5 Å². The van der Waals surface area contributed by atoms with Crippen LogP contribution in [0.25, 0.3) is 21.9 Å². The van der Waals surface area contributed by atoms with Crippen LogP contribution in [0.1, 0.15) is 61.3 Å². The molecule has 46 heavy (non-hydrogen) atoms. The molecule has 11 heteroatoms. The highest BCUT2D eigenvalue weighted by Gasteiger charge is 2.23. The van der Waals surface area contributed by atoms with Crippen LogP contribution in [0.3, 0.4) is 0 Å². The number of unbranched alkanes of at least 4 members (excludes halogenated alkanes) is 1. The minimum absolute atomic E-state index is 0.0142. The van der Waals surface area contributed by atoms with Gasteiger partial charge in [-0.25, -0.2) is 14.8 Å². The van der Waals surface area contributed by atoms with Crippen LogP contribution in [-0.2, 0) is 33.8 Å². The van der Waals surface area contributed by atoms with Crippen LogP contribution < -0.4 is 5.73 Å². The lowest BCUT2D eigenvalue weighted by Crippen LogP contribution is -2.42. The van der Waals surface area contributed by atoms with Gasteiger partial charge in [0, 0.05) is 64.5 Å². The first-order chi connectivity index (χ1) is 22.3. The van der Waals surface area contributed by atoms with Crippen LogP contribution in [0.2, 0.25) is 0 Å². The Hall–Kier alpha value is -4.51. The molecule has 0 aliphatic carbocycles. The zero-order valence-electron chi connectivity index (χ0n) is 27.2. The molecular formula is C35H45N7O4. The van der Waals surface area contributed by atoms with Gasteiger partial charge in [-0.05, 0) is 43.0 Å². The second-order valence-corrected chi connectivity index (χ2v) is 12.0. The predicted molar refractivity (Wildman–Crippen MR) is 179 cm³/mol. The normalized spacial score (nSPS) is 14.0. The molecule has 1 saturated heterocycles. The molecule has 0 unspecified atom stereocenters. The summed E-state index contributed by atoms with van der Waals surface area (Å²) in [4.78, 5) is 53.5. The second kappa shape index (κ2) is 15.2. The molecule has 1 fully saturated rings. The molecule has 0 saturated carbocycles. The number of fused-ring (bicyclic) bond motifs is 3. The van der Waals surface area contributed by atoms with Gasteiger partial charge in [0.25, 0.3) is 0 Å². The van der Waals surface area contributed by atoms with E-state index in [-0.39, 0.29) is 18.4 Å². The summed E-state index contributed by atoms with van der Waals surface area (Å²) in [6.45, 7) is 8.30. The molecule has 2 aromatic carbocycles. The number of para-hydroxylation sites is 1. The summed E-state index contributed by atoms with van der Waals surface area (Å²) < 4.78 is 7.19. The lowest BCUT2D eigenvalue weighted by molar-refractivity contribution is -0.133. The van der Waals surface area contributed by atoms with Gasteiger partial charge in [0.1, 0.15) is 11.3 Å². The molecule has 2 aromatic heterocycles. The fourth-order valence-electron chi connectivity index (χ4n) is 6.25. The summed E-state index contributed by atoms with van der Waals surface area (Å²) in [5.74, 6) is 1.07. The average molecular weight is 628 g/mol. The number of pyridine rings is 1. The maximum absolute atomic E-state index is 13.9. The number of aryl methyl sites for hydroxylation is 2. The van der Waals surface area contributed by atoms with Crippen LogP contribution in [0, 0.1) is 0 Å². The van der Waals surface area contributed by atoms with Crippen molar-refractivity contribution in [2.24, 2.45) is 0 Å². The van der Waals surface area contributed by atoms with Crippen molar-refractivity contribution in [3.05, 3.63) is 65.5 Å². The number of benzene rings is 2. The highest BCUT2D eigenvalue weighted by molar-refractivity contribution is 6.06. The van der Waals surface area contributed by atoms with Crippen molar-refractivity contribution in [3.8, 4) is 0 Å². The highest BCUT2D eigenvalue weighted by atomic mass is 16.5. The number of anilines is 1. The Morgan fingerprint density at radius 1 is 1.00 bits per heavy atom. The lowest BCUT2D eigenvalue weighted by atomic mass is 10.1. The number of aromatic nitrogens is 3. The van der Waals surface area contributed by atoms with E-state index in [2.05, 4.69) is 27.4 Å². The van der Waals surface area contributed by atoms with Crippen molar-refractivity contribution in [1.82, 2.24) is 29.2 Å². The lowest BCUT2D eigenvalue weighted by Gasteiger charge is -2.27. The Morgan fingerprint density at radius 2 is 1.83 bits per heavy atom. The number of amides is 2. The van der Waals surface area contributed by atoms with E-state index in [1.54, 1.807) is 19.1 Å². The molecule has 0 spiro atoms. The van der Waals surface area contributed by atoms with Gasteiger partial charge < -0.3 is 24.8 Å². The SMILES string of the molecule is CCCCc1nc2c(N)nc3ccccc3c2n1CCCN(Cc1cccc(C(=O)OC)c1)C(=O)CN1CCCN(C(C)=O)CC1. The fourth-order valence-corrected chi connectivity index (χ4v) is 6.25. The number of carbonyl (C=O) groups excluding carboxylic acids is 3. The van der Waals surface area contributed by atoms with Gasteiger partial charge in [0.05, 0.1) is 30.3 Å². The number of rotatable bonds is 12. The molecule has 3 heterocycles. The van der Waals surface area contributed by atoms with E-state index >= 15 is 0 Å². The Kier molecular flexibility index (Phi) is 10.8. The standard InChI is InChI=1S/C35H45N7O4/c1-4-5-15-30-38-32-33(28-13-6-7-14-29(28)37-34(32)36)42(30)19-10-18-41(23-26-11-8-12-27(22-26)35(45)46-3)31(44)24-39-16-9-17-40(21-20-39)25(2)43/h6-8,11-14,22H,4-5,9-10,15-21,23-24H2,1-3H3,(H2,36,37). The summed E-state index contributed by atoms with van der Waals surface area (Å²) >= 11 is 0. The van der Waals surface area contributed by atoms with Crippen molar-refractivity contribution < 1.29 is 19.1 Å². The van der Waals surface area contributed by atoms with Crippen LogP contribution in [-0.4, -0.2) is 93.4 Å². The summed E-state index contributed by atoms with van der Waals surface area (Å²) in [6.07, 6.45) is 4.40. The van der Waals surface area contributed by atoms with E-state index in [1.165, 1.54) is 7.11 Å². The molecule has 244 valence electrons. The van der Waals surface area contributed by atoms with Gasteiger partial charge in [-0.3, -0.25) is 14.5 Å². The van der Waals surface area contributed by atoms with E-state index < -0.39 is 5.97 Å². The number of imidazole rings is 1. The third-order valence-electron chi connectivity index (χ3n) is 8.72. The van der Waals surface area contributed by atoms with Crippen LogP contribution in [0.5, 0.6) is 0 Å². The molecule has 4 aromatic rings. The van der Waals surface area contributed by atoms with Crippen LogP contribution in [0.4, 0.5) is 5.82 Å². The second-order valence-electron chi connectivity index (χ2n) is 12.0. The number of nitrogen functional groups attached to an aromatic ring is 1. The number of hydrogen-bond acceptors (Lipinski definition) is 8. The van der Waals surface area contributed by atoms with Crippen molar-refractivity contribution in [2.75, 3.05) is 52.1 Å². The summed E-state index contributed by atoms with van der Waals surface area (Å²) in [6, 6.07) is 15.2. The van der Waals surface area contributed by atoms with Gasteiger partial charge in [-0.1, -0.05) is 43.7 Å². The van der Waals surface area contributed by atoms with E-state index in [0.29, 0.717) is 57.1 Å². The molecule has 0 radical (unpaired) electrons. The number of carbonyl (C=O) groups is 3. The maximum Gasteiger partial charge on any atom is 0.337 e. The smallest absolute Gasteiger partial charge is 0.337 e. The molecule has 0 bridgehead atoms. The average Bonchev–Trinajstić information content (AvgIpc) is 3.25. The summed E-state index contributed by atoms with van der Waals surface area (Å²) in [7, 11) is 1.36. The number of nitrogens with zero attached hydrogens (tertiary/aromatic N) is 6. The summed E-state index contributed by atoms with van der Waals surface area (Å²) in [5, 5.41) is 1.01. The largest absolute Gasteiger partial charge is 0.465 e. The zero-order chi connectivity index (χ0) is 32.6. The predicted octanol–water partition coefficient (Wildman–Crippen LogP) is 4.27. The Morgan fingerprint density at radius 3 is 2.61 bits per heavy atom. The van der Waals surface area contributed by atoms with Crippen molar-refractivity contribution in [1.29, 1.82) is 0 Å². The van der Waals surface area contributed by atoms with E-state index in [0.717, 1.165) is 65.6 Å². The molecule has 1 aliphatic heterocycles. The Bertz CT molecular complexity index is 1700. The van der Waals surface area contributed by atoms with E-state index in [9.17, 15) is 14.4 Å². The first kappa shape index (κ1) is 32.9. The van der Waals surface area contributed by atoms with Crippen LogP contribution >= 0.6 is 0 Å². The molecule has 2 N–H and O–H groups in total. The number of ether oxygens (including phenoxy) is 1. The molecule has 11 nitrogen and oxygen atoms in total. The number of methoxy groups -OCH3 is 1. The topological polar surface area (TPSA) is 127 Å². The van der Waals surface area contributed by atoms with Gasteiger partial charge in [0.2, 0.25) is 11.8 Å². The molecule has 1 aliphatic rings. The molecule has 2 amide bonds. The number of esters is 1. The fraction of sp³-hybridized carbons (Fsp3) is 0.457. The van der Waals surface area contributed by atoms with Gasteiger partial charge >= 0.3 is 5.97 Å². The van der Waals surface area contributed by atoms with Crippen molar-refractivity contribution in [3.63, 3.8) is 0 Å². The quantitative estimate of drug-likeness (QED) is 0.231. The number of hydrogen-bond donors (Lipinski definition) is 1. The summed E-state index contributed by atoms with van der Waals surface area (Å²) in [5.41, 5.74) is 10.3. The molecule has 0 atom stereocenters. The van der Waals surface area contributed by atoms with Gasteiger partial charge in [-0.2, -0.15) is 0 Å². The molecule has 5 rings (SSSR count). The van der Waals surface area contributed by atoms with Crippen molar-refractivity contribution in [2.45, 2.75) is 59.0 Å².